The first-order valence-corrected chi connectivity index (χ1v) is 6.25. The van der Waals surface area contributed by atoms with Crippen molar-refractivity contribution in [1.82, 2.24) is 0 Å². The number of unbranched alkanes of at least 4 members (excludes halogenated alkanes) is 3. The zero-order valence-corrected chi connectivity index (χ0v) is 10.4. The first-order valence-electron chi connectivity index (χ1n) is 6.25. The summed E-state index contributed by atoms with van der Waals surface area (Å²) >= 11 is 0. The van der Waals surface area contributed by atoms with E-state index in [1.54, 1.807) is 6.92 Å². The molecule has 1 atom stereocenters. The molecule has 0 fully saturated rings. The lowest BCUT2D eigenvalue weighted by atomic mass is 10.1. The van der Waals surface area contributed by atoms with Gasteiger partial charge in [-0.3, -0.25) is 0 Å². The van der Waals surface area contributed by atoms with Crippen LogP contribution in [0.4, 0.5) is 0 Å². The summed E-state index contributed by atoms with van der Waals surface area (Å²) in [7, 11) is 0. The number of ether oxygens (including phenoxy) is 1. The minimum atomic E-state index is -0.428. The molecule has 0 aliphatic heterocycles. The average Bonchev–Trinajstić information content (AvgIpc) is 2.34. The lowest BCUT2D eigenvalue weighted by molar-refractivity contribution is 0.199. The molecule has 2 N–H and O–H groups in total. The summed E-state index contributed by atoms with van der Waals surface area (Å²) in [5.74, 6) is 0.844. The molecule has 1 aromatic rings. The molecule has 1 rings (SSSR count). The third-order valence-corrected chi connectivity index (χ3v) is 2.68. The van der Waals surface area contributed by atoms with Gasteiger partial charge >= 0.3 is 0 Å². The van der Waals surface area contributed by atoms with Gasteiger partial charge < -0.3 is 14.9 Å². The van der Waals surface area contributed by atoms with Crippen LogP contribution in [0.25, 0.3) is 0 Å². The van der Waals surface area contributed by atoms with E-state index in [-0.39, 0.29) is 6.61 Å². The van der Waals surface area contributed by atoms with E-state index in [0.29, 0.717) is 6.61 Å². The molecule has 17 heavy (non-hydrogen) atoms. The highest BCUT2D eigenvalue weighted by Crippen LogP contribution is 2.17. The topological polar surface area (TPSA) is 49.7 Å². The summed E-state index contributed by atoms with van der Waals surface area (Å²) in [5.41, 5.74) is 0.903. The molecule has 96 valence electrons. The van der Waals surface area contributed by atoms with Crippen LogP contribution in [0.3, 0.4) is 0 Å². The van der Waals surface area contributed by atoms with E-state index in [2.05, 4.69) is 0 Å². The van der Waals surface area contributed by atoms with Crippen molar-refractivity contribution in [3.63, 3.8) is 0 Å². The number of hydrogen-bond acceptors (Lipinski definition) is 3. The van der Waals surface area contributed by atoms with Crippen LogP contribution < -0.4 is 4.74 Å². The van der Waals surface area contributed by atoms with Gasteiger partial charge in [0.2, 0.25) is 0 Å². The third-order valence-electron chi connectivity index (χ3n) is 2.68. The molecule has 3 nitrogen and oxygen atoms in total. The molecule has 0 saturated carbocycles. The van der Waals surface area contributed by atoms with Gasteiger partial charge in [0.05, 0.1) is 12.7 Å². The van der Waals surface area contributed by atoms with Crippen molar-refractivity contribution in [2.24, 2.45) is 0 Å². The Bertz CT molecular complexity index is 293. The lowest BCUT2D eigenvalue weighted by Gasteiger charge is -2.08. The summed E-state index contributed by atoms with van der Waals surface area (Å²) in [6.45, 7) is 2.73. The number of hydrogen-bond donors (Lipinski definition) is 2. The first-order chi connectivity index (χ1) is 8.24. The Morgan fingerprint density at radius 3 is 2.29 bits per heavy atom. The maximum absolute atomic E-state index is 9.35. The van der Waals surface area contributed by atoms with Gasteiger partial charge in [0.1, 0.15) is 5.75 Å². The Hall–Kier alpha value is -1.06. The van der Waals surface area contributed by atoms with Crippen molar-refractivity contribution in [2.45, 2.75) is 38.7 Å². The molecular formula is C14H22O3. The van der Waals surface area contributed by atoms with E-state index in [0.717, 1.165) is 37.0 Å². The number of rotatable bonds is 8. The summed E-state index contributed by atoms with van der Waals surface area (Å²) in [5, 5.41) is 18.0. The highest BCUT2D eigenvalue weighted by atomic mass is 16.5. The molecule has 0 radical (unpaired) electrons. The Labute approximate surface area is 103 Å². The van der Waals surface area contributed by atoms with Gasteiger partial charge in [-0.2, -0.15) is 0 Å². The maximum atomic E-state index is 9.35. The van der Waals surface area contributed by atoms with Gasteiger partial charge in [-0.1, -0.05) is 18.6 Å². The fourth-order valence-corrected chi connectivity index (χ4v) is 1.60. The fraction of sp³-hybridized carbons (Fsp3) is 0.571. The van der Waals surface area contributed by atoms with Gasteiger partial charge in [-0.15, -0.1) is 0 Å². The second kappa shape index (κ2) is 8.09. The minimum Gasteiger partial charge on any atom is -0.494 e. The Kier molecular flexibility index (Phi) is 6.67. The van der Waals surface area contributed by atoms with Crippen LogP contribution in [0.1, 0.15) is 44.3 Å². The molecule has 0 aromatic heterocycles. The molecule has 1 aromatic carbocycles. The number of aliphatic hydroxyl groups excluding tert-OH is 2. The summed E-state index contributed by atoms with van der Waals surface area (Å²) < 4.78 is 5.58. The van der Waals surface area contributed by atoms with Crippen molar-refractivity contribution in [3.05, 3.63) is 29.8 Å². The molecule has 0 unspecified atom stereocenters. The second-order valence-electron chi connectivity index (χ2n) is 4.23. The smallest absolute Gasteiger partial charge is 0.119 e. The Morgan fingerprint density at radius 1 is 1.06 bits per heavy atom. The van der Waals surface area contributed by atoms with E-state index in [1.807, 2.05) is 24.3 Å². The van der Waals surface area contributed by atoms with E-state index < -0.39 is 6.10 Å². The van der Waals surface area contributed by atoms with E-state index in [4.69, 9.17) is 9.84 Å². The van der Waals surface area contributed by atoms with Crippen LogP contribution >= 0.6 is 0 Å². The molecular weight excluding hydrogens is 216 g/mol. The van der Waals surface area contributed by atoms with E-state index in [1.165, 1.54) is 0 Å². The van der Waals surface area contributed by atoms with Crippen molar-refractivity contribution in [1.29, 1.82) is 0 Å². The summed E-state index contributed by atoms with van der Waals surface area (Å²) in [6, 6.07) is 7.53. The molecule has 0 aliphatic rings. The molecule has 0 heterocycles. The summed E-state index contributed by atoms with van der Waals surface area (Å²) in [4.78, 5) is 0. The largest absolute Gasteiger partial charge is 0.494 e. The van der Waals surface area contributed by atoms with Crippen molar-refractivity contribution in [3.8, 4) is 5.75 Å². The maximum Gasteiger partial charge on any atom is 0.119 e. The fourth-order valence-electron chi connectivity index (χ4n) is 1.60. The molecule has 3 heteroatoms. The van der Waals surface area contributed by atoms with Gasteiger partial charge in [0.15, 0.2) is 0 Å². The standard InChI is InChI=1S/C14H22O3/c1-12(16)13-6-8-14(9-7-13)17-11-5-3-2-4-10-15/h6-9,12,15-16H,2-5,10-11H2,1H3/t12-/m1/s1. The zero-order chi connectivity index (χ0) is 12.5. The molecule has 0 saturated heterocycles. The first kappa shape index (κ1) is 14.0. The van der Waals surface area contributed by atoms with Crippen molar-refractivity contribution >= 4 is 0 Å². The quantitative estimate of drug-likeness (QED) is 0.685. The van der Waals surface area contributed by atoms with Crippen LogP contribution in [-0.4, -0.2) is 23.4 Å². The lowest BCUT2D eigenvalue weighted by Crippen LogP contribution is -1.98. The monoisotopic (exact) mass is 238 g/mol. The van der Waals surface area contributed by atoms with E-state index in [9.17, 15) is 5.11 Å². The second-order valence-corrected chi connectivity index (χ2v) is 4.23. The average molecular weight is 238 g/mol. The zero-order valence-electron chi connectivity index (χ0n) is 10.4. The molecule has 0 amide bonds. The van der Waals surface area contributed by atoms with Gasteiger partial charge in [0.25, 0.3) is 0 Å². The van der Waals surface area contributed by atoms with Crippen LogP contribution in [0.15, 0.2) is 24.3 Å². The van der Waals surface area contributed by atoms with Gasteiger partial charge in [-0.25, -0.2) is 0 Å². The van der Waals surface area contributed by atoms with Crippen molar-refractivity contribution < 1.29 is 14.9 Å². The normalized spacial score (nSPS) is 12.4. The SMILES string of the molecule is C[C@@H](O)c1ccc(OCCCCCCO)cc1. The van der Waals surface area contributed by atoms with Crippen LogP contribution in [0.5, 0.6) is 5.75 Å². The highest BCUT2D eigenvalue weighted by molar-refractivity contribution is 5.28. The Morgan fingerprint density at radius 2 is 1.71 bits per heavy atom. The van der Waals surface area contributed by atoms with Crippen LogP contribution in [0, 0.1) is 0 Å². The number of aliphatic hydroxyl groups is 2. The number of benzene rings is 1. The predicted octanol–water partition coefficient (Wildman–Crippen LogP) is 2.67. The van der Waals surface area contributed by atoms with Gasteiger partial charge in [0, 0.05) is 6.61 Å². The molecule has 0 spiro atoms. The molecule has 0 aliphatic carbocycles. The van der Waals surface area contributed by atoms with E-state index >= 15 is 0 Å². The molecule has 0 bridgehead atoms. The van der Waals surface area contributed by atoms with Crippen LogP contribution in [0.2, 0.25) is 0 Å². The Balaban J connectivity index is 2.19. The van der Waals surface area contributed by atoms with Crippen molar-refractivity contribution in [2.75, 3.05) is 13.2 Å². The highest BCUT2D eigenvalue weighted by Gasteiger charge is 2.00. The predicted molar refractivity (Wildman–Crippen MR) is 68.1 cm³/mol. The van der Waals surface area contributed by atoms with Gasteiger partial charge in [-0.05, 0) is 43.9 Å². The minimum absolute atomic E-state index is 0.279. The summed E-state index contributed by atoms with van der Waals surface area (Å²) in [6.07, 6.45) is 3.61. The third kappa shape index (κ3) is 5.71. The van der Waals surface area contributed by atoms with Crippen LogP contribution in [-0.2, 0) is 0 Å².